The number of hydrogen-bond donors (Lipinski definition) is 1. The maximum atomic E-state index is 13.7. The Morgan fingerprint density at radius 3 is 2.72 bits per heavy atom. The van der Waals surface area contributed by atoms with Gasteiger partial charge < -0.3 is 4.57 Å². The number of carbonyl (C=O) groups is 1. The lowest BCUT2D eigenvalue weighted by Gasteiger charge is -2.07. The summed E-state index contributed by atoms with van der Waals surface area (Å²) in [6.07, 6.45) is 1.18. The van der Waals surface area contributed by atoms with Crippen LogP contribution in [0, 0.1) is 12.7 Å². The van der Waals surface area contributed by atoms with E-state index in [4.69, 9.17) is 11.6 Å². The van der Waals surface area contributed by atoms with Crippen molar-refractivity contribution in [1.82, 2.24) is 20.2 Å². The van der Waals surface area contributed by atoms with E-state index in [-0.39, 0.29) is 22.2 Å². The fraction of sp³-hybridized carbons (Fsp3) is 0.200. The minimum Gasteiger partial charge on any atom is -0.302 e. The van der Waals surface area contributed by atoms with Gasteiger partial charge in [0, 0.05) is 17.7 Å². The first-order valence-corrected chi connectivity index (χ1v) is 10.2. The number of halogens is 2. The van der Waals surface area contributed by atoms with Crippen LogP contribution in [0.4, 0.5) is 4.39 Å². The second kappa shape index (κ2) is 9.67. The number of rotatable bonds is 7. The maximum Gasteiger partial charge on any atom is 0.250 e. The molecule has 0 aliphatic carbocycles. The normalized spacial score (nSPS) is 11.2. The highest BCUT2D eigenvalue weighted by molar-refractivity contribution is 7.99. The average Bonchev–Trinajstić information content (AvgIpc) is 3.12. The van der Waals surface area contributed by atoms with E-state index in [9.17, 15) is 9.18 Å². The maximum absolute atomic E-state index is 13.7. The van der Waals surface area contributed by atoms with Gasteiger partial charge in [-0.3, -0.25) is 4.79 Å². The molecule has 2 aromatic carbocycles. The molecule has 1 heterocycles. The number of aromatic nitrogens is 3. The lowest BCUT2D eigenvalue weighted by atomic mass is 10.1. The summed E-state index contributed by atoms with van der Waals surface area (Å²) in [4.78, 5) is 12.1. The van der Waals surface area contributed by atoms with Gasteiger partial charge in [-0.2, -0.15) is 5.10 Å². The van der Waals surface area contributed by atoms with Gasteiger partial charge in [-0.05, 0) is 26.0 Å². The van der Waals surface area contributed by atoms with Gasteiger partial charge in [0.05, 0.1) is 17.0 Å². The van der Waals surface area contributed by atoms with Crippen LogP contribution in [0.2, 0.25) is 5.02 Å². The van der Waals surface area contributed by atoms with E-state index in [1.807, 2.05) is 42.7 Å². The SMILES string of the molecule is CCn1c(SCC(=O)N/N=C\c2c(F)cccc2Cl)nnc1-c1ccc(C)cc1. The molecule has 9 heteroatoms. The third kappa shape index (κ3) is 5.21. The molecule has 6 nitrogen and oxygen atoms in total. The van der Waals surface area contributed by atoms with Crippen molar-refractivity contribution in [2.24, 2.45) is 5.10 Å². The minimum atomic E-state index is -0.510. The molecular weight excluding hydrogens is 413 g/mol. The van der Waals surface area contributed by atoms with Gasteiger partial charge >= 0.3 is 0 Å². The molecule has 29 heavy (non-hydrogen) atoms. The van der Waals surface area contributed by atoms with Crippen molar-refractivity contribution < 1.29 is 9.18 Å². The molecular formula is C20H19ClFN5OS. The van der Waals surface area contributed by atoms with Gasteiger partial charge in [0.1, 0.15) is 5.82 Å². The molecule has 0 aliphatic rings. The van der Waals surface area contributed by atoms with E-state index in [2.05, 4.69) is 20.7 Å². The largest absolute Gasteiger partial charge is 0.302 e. The monoisotopic (exact) mass is 431 g/mol. The second-order valence-electron chi connectivity index (χ2n) is 6.13. The zero-order chi connectivity index (χ0) is 20.8. The van der Waals surface area contributed by atoms with Crippen LogP contribution in [0.3, 0.4) is 0 Å². The molecule has 0 spiro atoms. The fourth-order valence-electron chi connectivity index (χ4n) is 2.56. The molecule has 0 aliphatic heterocycles. The summed E-state index contributed by atoms with van der Waals surface area (Å²) in [5.41, 5.74) is 4.62. The number of carbonyl (C=O) groups excluding carboxylic acids is 1. The van der Waals surface area contributed by atoms with Gasteiger partial charge in [-0.15, -0.1) is 10.2 Å². The smallest absolute Gasteiger partial charge is 0.250 e. The van der Waals surface area contributed by atoms with Crippen LogP contribution in [0.1, 0.15) is 18.1 Å². The third-order valence-corrected chi connectivity index (χ3v) is 5.35. The molecule has 0 atom stereocenters. The molecule has 0 bridgehead atoms. The highest BCUT2D eigenvalue weighted by Crippen LogP contribution is 2.24. The van der Waals surface area contributed by atoms with E-state index in [1.54, 1.807) is 6.07 Å². The van der Waals surface area contributed by atoms with Gasteiger partial charge in [0.15, 0.2) is 11.0 Å². The number of hydrogen-bond acceptors (Lipinski definition) is 5. The van der Waals surface area contributed by atoms with Gasteiger partial charge in [0.2, 0.25) is 0 Å². The van der Waals surface area contributed by atoms with Crippen LogP contribution in [-0.4, -0.2) is 32.6 Å². The molecule has 0 fully saturated rings. The van der Waals surface area contributed by atoms with Crippen molar-refractivity contribution in [3.63, 3.8) is 0 Å². The molecule has 1 aromatic heterocycles. The molecule has 1 amide bonds. The predicted octanol–water partition coefficient (Wildman–Crippen LogP) is 4.31. The Kier molecular flexibility index (Phi) is 7.00. The number of benzene rings is 2. The first-order valence-electron chi connectivity index (χ1n) is 8.88. The Hall–Kier alpha value is -2.71. The summed E-state index contributed by atoms with van der Waals surface area (Å²) in [5, 5.41) is 13.1. The summed E-state index contributed by atoms with van der Waals surface area (Å²) in [5.74, 6) is -0.0117. The minimum absolute atomic E-state index is 0.0916. The standard InChI is InChI=1S/C20H19ClFN5OS/c1-3-27-19(14-9-7-13(2)8-10-14)25-26-20(27)29-12-18(28)24-23-11-15-16(21)5-4-6-17(15)22/h4-11H,3,12H2,1-2H3,(H,24,28)/b23-11-. The van der Waals surface area contributed by atoms with Crippen molar-refractivity contribution >= 4 is 35.5 Å². The van der Waals surface area contributed by atoms with Crippen LogP contribution < -0.4 is 5.43 Å². The number of nitrogens with zero attached hydrogens (tertiary/aromatic N) is 4. The first-order chi connectivity index (χ1) is 14.0. The Morgan fingerprint density at radius 2 is 2.03 bits per heavy atom. The van der Waals surface area contributed by atoms with Gasteiger partial charge in [-0.1, -0.05) is 59.3 Å². The van der Waals surface area contributed by atoms with Crippen molar-refractivity contribution in [3.8, 4) is 11.4 Å². The number of thioether (sulfide) groups is 1. The highest BCUT2D eigenvalue weighted by atomic mass is 35.5. The lowest BCUT2D eigenvalue weighted by Crippen LogP contribution is -2.20. The van der Waals surface area contributed by atoms with Crippen LogP contribution >= 0.6 is 23.4 Å². The van der Waals surface area contributed by atoms with E-state index in [0.29, 0.717) is 11.7 Å². The number of aryl methyl sites for hydroxylation is 1. The summed E-state index contributed by atoms with van der Waals surface area (Å²) in [7, 11) is 0. The van der Waals surface area contributed by atoms with Crippen molar-refractivity contribution in [2.75, 3.05) is 5.75 Å². The summed E-state index contributed by atoms with van der Waals surface area (Å²) in [6.45, 7) is 4.69. The van der Waals surface area contributed by atoms with Crippen molar-refractivity contribution in [3.05, 3.63) is 64.4 Å². The van der Waals surface area contributed by atoms with Crippen molar-refractivity contribution in [2.45, 2.75) is 25.5 Å². The van der Waals surface area contributed by atoms with E-state index >= 15 is 0 Å². The molecule has 0 radical (unpaired) electrons. The number of nitrogens with one attached hydrogen (secondary N) is 1. The molecule has 0 saturated carbocycles. The van der Waals surface area contributed by atoms with Crippen LogP contribution in [0.25, 0.3) is 11.4 Å². The number of amides is 1. The van der Waals surface area contributed by atoms with Crippen LogP contribution in [0.15, 0.2) is 52.7 Å². The van der Waals surface area contributed by atoms with Crippen molar-refractivity contribution in [1.29, 1.82) is 0 Å². The molecule has 150 valence electrons. The van der Waals surface area contributed by atoms with Gasteiger partial charge in [0.25, 0.3) is 5.91 Å². The molecule has 1 N–H and O–H groups in total. The Labute approximate surface area is 177 Å². The highest BCUT2D eigenvalue weighted by Gasteiger charge is 2.14. The van der Waals surface area contributed by atoms with E-state index in [1.165, 1.54) is 35.7 Å². The quantitative estimate of drug-likeness (QED) is 0.344. The van der Waals surface area contributed by atoms with Crippen LogP contribution in [-0.2, 0) is 11.3 Å². The Morgan fingerprint density at radius 1 is 1.28 bits per heavy atom. The zero-order valence-electron chi connectivity index (χ0n) is 15.9. The Balaban J connectivity index is 1.62. The van der Waals surface area contributed by atoms with Gasteiger partial charge in [-0.25, -0.2) is 9.82 Å². The molecule has 3 rings (SSSR count). The van der Waals surface area contributed by atoms with E-state index < -0.39 is 5.82 Å². The van der Waals surface area contributed by atoms with Crippen LogP contribution in [0.5, 0.6) is 0 Å². The third-order valence-electron chi connectivity index (χ3n) is 4.06. The zero-order valence-corrected chi connectivity index (χ0v) is 17.5. The summed E-state index contributed by atoms with van der Waals surface area (Å²) < 4.78 is 15.6. The lowest BCUT2D eigenvalue weighted by molar-refractivity contribution is -0.118. The Bertz CT molecular complexity index is 1020. The topological polar surface area (TPSA) is 72.2 Å². The predicted molar refractivity (Wildman–Crippen MR) is 114 cm³/mol. The fourth-order valence-corrected chi connectivity index (χ4v) is 3.57. The average molecular weight is 432 g/mol. The summed E-state index contributed by atoms with van der Waals surface area (Å²) >= 11 is 7.17. The summed E-state index contributed by atoms with van der Waals surface area (Å²) in [6, 6.07) is 12.3. The molecule has 0 unspecified atom stereocenters. The second-order valence-corrected chi connectivity index (χ2v) is 7.48. The molecule has 3 aromatic rings. The number of hydrazone groups is 1. The first kappa shape index (κ1) is 21.0. The molecule has 0 saturated heterocycles. The van der Waals surface area contributed by atoms with E-state index in [0.717, 1.165) is 11.4 Å².